The van der Waals surface area contributed by atoms with Crippen molar-refractivity contribution in [2.24, 2.45) is 0 Å². The van der Waals surface area contributed by atoms with Gasteiger partial charge in [-0.25, -0.2) is 0 Å². The van der Waals surface area contributed by atoms with Gasteiger partial charge in [-0.15, -0.1) is 11.3 Å². The van der Waals surface area contributed by atoms with Crippen LogP contribution in [0.25, 0.3) is 0 Å². The minimum Gasteiger partial charge on any atom is -0.493 e. The van der Waals surface area contributed by atoms with Gasteiger partial charge in [0.2, 0.25) is 0 Å². The molecule has 0 radical (unpaired) electrons. The molecule has 0 fully saturated rings. The van der Waals surface area contributed by atoms with Gasteiger partial charge >= 0.3 is 0 Å². The van der Waals surface area contributed by atoms with Gasteiger partial charge in [-0.1, -0.05) is 13.0 Å². The number of ether oxygens (including phenoxy) is 1. The number of rotatable bonds is 7. The fourth-order valence-electron chi connectivity index (χ4n) is 1.99. The summed E-state index contributed by atoms with van der Waals surface area (Å²) >= 11 is 1.80. The SMILES string of the molecule is CCCOc1cc(N)cc(N(C)CCc2cccs2)c1. The molecule has 1 heterocycles. The van der Waals surface area contributed by atoms with Gasteiger partial charge in [0.05, 0.1) is 6.61 Å². The van der Waals surface area contributed by atoms with Crippen LogP contribution in [0.5, 0.6) is 5.75 Å². The molecule has 108 valence electrons. The van der Waals surface area contributed by atoms with Gasteiger partial charge in [-0.2, -0.15) is 0 Å². The first-order chi connectivity index (χ1) is 9.69. The average Bonchev–Trinajstić information content (AvgIpc) is 2.95. The Bertz CT molecular complexity index is 525. The van der Waals surface area contributed by atoms with Crippen LogP contribution in [-0.2, 0) is 6.42 Å². The quantitative estimate of drug-likeness (QED) is 0.788. The van der Waals surface area contributed by atoms with Crippen molar-refractivity contribution in [1.82, 2.24) is 0 Å². The molecule has 1 aromatic heterocycles. The normalized spacial score (nSPS) is 10.5. The Hall–Kier alpha value is -1.68. The lowest BCUT2D eigenvalue weighted by molar-refractivity contribution is 0.317. The summed E-state index contributed by atoms with van der Waals surface area (Å²) in [4.78, 5) is 3.62. The molecule has 0 saturated heterocycles. The smallest absolute Gasteiger partial charge is 0.123 e. The molecule has 2 rings (SSSR count). The Kier molecular flexibility index (Phi) is 5.30. The molecule has 0 aliphatic heterocycles. The summed E-state index contributed by atoms with van der Waals surface area (Å²) < 4.78 is 5.67. The van der Waals surface area contributed by atoms with Crippen LogP contribution in [0.1, 0.15) is 18.2 Å². The first-order valence-electron chi connectivity index (χ1n) is 6.96. The first-order valence-corrected chi connectivity index (χ1v) is 7.84. The van der Waals surface area contributed by atoms with E-state index in [1.54, 1.807) is 11.3 Å². The third kappa shape index (κ3) is 4.17. The van der Waals surface area contributed by atoms with E-state index in [0.717, 1.165) is 43.1 Å². The summed E-state index contributed by atoms with van der Waals surface area (Å²) in [6, 6.07) is 10.2. The predicted molar refractivity (Wildman–Crippen MR) is 87.9 cm³/mol. The standard InChI is InChI=1S/C16H22N2OS/c1-3-8-19-15-11-13(17)10-14(12-15)18(2)7-6-16-5-4-9-20-16/h4-5,9-12H,3,6-8,17H2,1-2H3. The molecule has 2 aromatic rings. The highest BCUT2D eigenvalue weighted by Gasteiger charge is 2.06. The highest BCUT2D eigenvalue weighted by atomic mass is 32.1. The van der Waals surface area contributed by atoms with Crippen molar-refractivity contribution in [3.8, 4) is 5.75 Å². The van der Waals surface area contributed by atoms with Crippen LogP contribution in [0.3, 0.4) is 0 Å². The van der Waals surface area contributed by atoms with E-state index < -0.39 is 0 Å². The largest absolute Gasteiger partial charge is 0.493 e. The fourth-order valence-corrected chi connectivity index (χ4v) is 2.69. The molecule has 0 spiro atoms. The minimum absolute atomic E-state index is 0.724. The molecule has 0 unspecified atom stereocenters. The highest BCUT2D eigenvalue weighted by molar-refractivity contribution is 7.09. The van der Waals surface area contributed by atoms with Crippen molar-refractivity contribution in [1.29, 1.82) is 0 Å². The summed E-state index contributed by atoms with van der Waals surface area (Å²) in [6.45, 7) is 3.79. The zero-order chi connectivity index (χ0) is 14.4. The topological polar surface area (TPSA) is 38.5 Å². The number of likely N-dealkylation sites (N-methyl/N-ethyl adjacent to an activating group) is 1. The van der Waals surface area contributed by atoms with Gasteiger partial charge in [0.1, 0.15) is 5.75 Å². The molecule has 2 N–H and O–H groups in total. The van der Waals surface area contributed by atoms with Crippen LogP contribution >= 0.6 is 11.3 Å². The maximum atomic E-state index is 5.96. The Labute approximate surface area is 125 Å². The van der Waals surface area contributed by atoms with E-state index in [1.807, 2.05) is 12.1 Å². The van der Waals surface area contributed by atoms with Crippen molar-refractivity contribution in [3.63, 3.8) is 0 Å². The first kappa shape index (κ1) is 14.7. The number of hydrogen-bond donors (Lipinski definition) is 1. The van der Waals surface area contributed by atoms with Crippen LogP contribution in [0.2, 0.25) is 0 Å². The van der Waals surface area contributed by atoms with E-state index in [-0.39, 0.29) is 0 Å². The summed E-state index contributed by atoms with van der Waals surface area (Å²) in [5.41, 5.74) is 7.81. The number of benzene rings is 1. The average molecular weight is 290 g/mol. The van der Waals surface area contributed by atoms with Crippen LogP contribution in [0, 0.1) is 0 Å². The lowest BCUT2D eigenvalue weighted by Crippen LogP contribution is -2.20. The van der Waals surface area contributed by atoms with Gasteiger partial charge in [-0.3, -0.25) is 0 Å². The van der Waals surface area contributed by atoms with E-state index in [0.29, 0.717) is 0 Å². The highest BCUT2D eigenvalue weighted by Crippen LogP contribution is 2.25. The van der Waals surface area contributed by atoms with Crippen LogP contribution < -0.4 is 15.4 Å². The van der Waals surface area contributed by atoms with Gasteiger partial charge in [0.15, 0.2) is 0 Å². The van der Waals surface area contributed by atoms with Gasteiger partial charge < -0.3 is 15.4 Å². The molecule has 0 saturated carbocycles. The molecule has 0 aliphatic carbocycles. The third-order valence-electron chi connectivity index (χ3n) is 3.10. The summed E-state index contributed by atoms with van der Waals surface area (Å²) in [6.07, 6.45) is 2.05. The third-order valence-corrected chi connectivity index (χ3v) is 4.04. The molecule has 4 heteroatoms. The molecule has 3 nitrogen and oxygen atoms in total. The Morgan fingerprint density at radius 2 is 2.15 bits per heavy atom. The predicted octanol–water partition coefficient (Wildman–Crippen LogP) is 3.80. The van der Waals surface area contributed by atoms with Gasteiger partial charge in [0, 0.05) is 42.0 Å². The van der Waals surface area contributed by atoms with Crippen LogP contribution in [-0.4, -0.2) is 20.2 Å². The monoisotopic (exact) mass is 290 g/mol. The van der Waals surface area contributed by atoms with E-state index in [4.69, 9.17) is 10.5 Å². The number of thiophene rings is 1. The summed E-state index contributed by atoms with van der Waals surface area (Å²) in [7, 11) is 2.09. The summed E-state index contributed by atoms with van der Waals surface area (Å²) in [5.74, 6) is 0.852. The number of anilines is 2. The Morgan fingerprint density at radius 3 is 2.85 bits per heavy atom. The molecular weight excluding hydrogens is 268 g/mol. The van der Waals surface area contributed by atoms with Crippen LogP contribution in [0.15, 0.2) is 35.7 Å². The second-order valence-electron chi connectivity index (χ2n) is 4.86. The van der Waals surface area contributed by atoms with E-state index in [1.165, 1.54) is 4.88 Å². The molecule has 0 amide bonds. The number of nitrogens with zero attached hydrogens (tertiary/aromatic N) is 1. The maximum Gasteiger partial charge on any atom is 0.123 e. The lowest BCUT2D eigenvalue weighted by atomic mass is 10.2. The lowest BCUT2D eigenvalue weighted by Gasteiger charge is -2.20. The molecule has 1 aromatic carbocycles. The zero-order valence-electron chi connectivity index (χ0n) is 12.1. The van der Waals surface area contributed by atoms with E-state index >= 15 is 0 Å². The molecule has 0 aliphatic rings. The molecule has 0 atom stereocenters. The van der Waals surface area contributed by atoms with Crippen molar-refractivity contribution in [2.75, 3.05) is 30.8 Å². The molecule has 20 heavy (non-hydrogen) atoms. The Morgan fingerprint density at radius 1 is 1.30 bits per heavy atom. The number of hydrogen-bond acceptors (Lipinski definition) is 4. The Balaban J connectivity index is 2.00. The van der Waals surface area contributed by atoms with Crippen molar-refractivity contribution >= 4 is 22.7 Å². The van der Waals surface area contributed by atoms with Crippen molar-refractivity contribution < 1.29 is 4.74 Å². The zero-order valence-corrected chi connectivity index (χ0v) is 13.0. The summed E-state index contributed by atoms with van der Waals surface area (Å²) in [5, 5.41) is 2.12. The van der Waals surface area contributed by atoms with E-state index in [2.05, 4.69) is 42.5 Å². The second-order valence-corrected chi connectivity index (χ2v) is 5.89. The van der Waals surface area contributed by atoms with E-state index in [9.17, 15) is 0 Å². The number of nitrogen functional groups attached to an aromatic ring is 1. The van der Waals surface area contributed by atoms with Crippen LogP contribution in [0.4, 0.5) is 11.4 Å². The molecule has 0 bridgehead atoms. The van der Waals surface area contributed by atoms with Crippen molar-refractivity contribution in [2.45, 2.75) is 19.8 Å². The van der Waals surface area contributed by atoms with Gasteiger partial charge in [0.25, 0.3) is 0 Å². The second kappa shape index (κ2) is 7.20. The maximum absolute atomic E-state index is 5.96. The van der Waals surface area contributed by atoms with Gasteiger partial charge in [-0.05, 0) is 30.4 Å². The fraction of sp³-hybridized carbons (Fsp3) is 0.375. The molecular formula is C16H22N2OS. The minimum atomic E-state index is 0.724. The number of nitrogens with two attached hydrogens (primary N) is 1. The van der Waals surface area contributed by atoms with Crippen molar-refractivity contribution in [3.05, 3.63) is 40.6 Å².